The third-order valence-corrected chi connectivity index (χ3v) is 5.91. The summed E-state index contributed by atoms with van der Waals surface area (Å²) in [5.74, 6) is 2.27. The number of methoxy groups -OCH3 is 1. The Morgan fingerprint density at radius 2 is 2.00 bits per heavy atom. The summed E-state index contributed by atoms with van der Waals surface area (Å²) in [5.41, 5.74) is 1.63. The van der Waals surface area contributed by atoms with Gasteiger partial charge in [0.15, 0.2) is 0 Å². The van der Waals surface area contributed by atoms with Gasteiger partial charge in [0.2, 0.25) is 0 Å². The van der Waals surface area contributed by atoms with Gasteiger partial charge in [0.1, 0.15) is 5.75 Å². The molecule has 0 bridgehead atoms. The molecule has 0 amide bonds. The quantitative estimate of drug-likeness (QED) is 0.584. The number of rotatable bonds is 3. The summed E-state index contributed by atoms with van der Waals surface area (Å²) in [6.07, 6.45) is 4.60. The van der Waals surface area contributed by atoms with Gasteiger partial charge in [0.25, 0.3) is 0 Å². The van der Waals surface area contributed by atoms with Crippen molar-refractivity contribution in [2.45, 2.75) is 51.8 Å². The van der Waals surface area contributed by atoms with E-state index in [4.69, 9.17) is 16.3 Å². The molecule has 21 heavy (non-hydrogen) atoms. The van der Waals surface area contributed by atoms with Gasteiger partial charge in [-0.25, -0.2) is 0 Å². The molecule has 0 heterocycles. The SMILES string of the molecule is COc1ccc(Br)cc1CC1CC(C(C)(C)C)CCC1Cl. The minimum Gasteiger partial charge on any atom is -0.496 e. The summed E-state index contributed by atoms with van der Waals surface area (Å²) >= 11 is 10.2. The molecule has 0 aromatic heterocycles. The Bertz CT molecular complexity index is 481. The molecule has 0 saturated heterocycles. The fourth-order valence-electron chi connectivity index (χ4n) is 3.41. The molecule has 1 aromatic carbocycles. The number of halogens is 2. The standard InChI is InChI=1S/C18H26BrClO/c1-18(2,3)14-5-7-16(20)12(10-14)9-13-11-15(19)6-8-17(13)21-4/h6,8,11-12,14,16H,5,7,9-10H2,1-4H3. The first-order chi connectivity index (χ1) is 9.81. The summed E-state index contributed by atoms with van der Waals surface area (Å²) < 4.78 is 6.61. The fraction of sp³-hybridized carbons (Fsp3) is 0.667. The van der Waals surface area contributed by atoms with Crippen LogP contribution in [0.25, 0.3) is 0 Å². The minimum absolute atomic E-state index is 0.285. The zero-order valence-corrected chi connectivity index (χ0v) is 15.8. The average Bonchev–Trinajstić information content (AvgIpc) is 2.40. The molecule has 0 spiro atoms. The van der Waals surface area contributed by atoms with Gasteiger partial charge in [-0.15, -0.1) is 11.6 Å². The highest BCUT2D eigenvalue weighted by Crippen LogP contribution is 2.43. The van der Waals surface area contributed by atoms with Crippen molar-refractivity contribution in [3.05, 3.63) is 28.2 Å². The predicted octanol–water partition coefficient (Wildman–Crippen LogP) is 6.07. The Hall–Kier alpha value is -0.210. The molecule has 1 aliphatic rings. The number of ether oxygens (including phenoxy) is 1. The van der Waals surface area contributed by atoms with Crippen LogP contribution in [0.1, 0.15) is 45.6 Å². The number of hydrogen-bond acceptors (Lipinski definition) is 1. The first kappa shape index (κ1) is 17.1. The minimum atomic E-state index is 0.285. The van der Waals surface area contributed by atoms with Gasteiger partial charge in [-0.1, -0.05) is 36.7 Å². The highest BCUT2D eigenvalue weighted by molar-refractivity contribution is 9.10. The molecule has 1 nitrogen and oxygen atoms in total. The van der Waals surface area contributed by atoms with Crippen LogP contribution in [0.5, 0.6) is 5.75 Å². The van der Waals surface area contributed by atoms with E-state index in [-0.39, 0.29) is 5.38 Å². The fourth-order valence-corrected chi connectivity index (χ4v) is 4.14. The Kier molecular flexibility index (Phi) is 5.65. The van der Waals surface area contributed by atoms with E-state index in [1.165, 1.54) is 18.4 Å². The second-order valence-electron chi connectivity index (χ2n) is 7.31. The summed E-state index contributed by atoms with van der Waals surface area (Å²) in [6.45, 7) is 7.05. The van der Waals surface area contributed by atoms with Crippen LogP contribution in [0.15, 0.2) is 22.7 Å². The van der Waals surface area contributed by atoms with Crippen molar-refractivity contribution in [2.75, 3.05) is 7.11 Å². The summed E-state index contributed by atoms with van der Waals surface area (Å²) in [4.78, 5) is 0. The van der Waals surface area contributed by atoms with Crippen LogP contribution in [0, 0.1) is 17.3 Å². The van der Waals surface area contributed by atoms with Gasteiger partial charge < -0.3 is 4.74 Å². The third kappa shape index (κ3) is 4.39. The maximum Gasteiger partial charge on any atom is 0.122 e. The normalized spacial score (nSPS) is 26.7. The van der Waals surface area contributed by atoms with E-state index in [0.29, 0.717) is 11.3 Å². The highest BCUT2D eigenvalue weighted by atomic mass is 79.9. The molecular weight excluding hydrogens is 348 g/mol. The van der Waals surface area contributed by atoms with Crippen LogP contribution in [0.3, 0.4) is 0 Å². The first-order valence-corrected chi connectivity index (χ1v) is 9.00. The molecule has 3 unspecified atom stereocenters. The molecular formula is C18H26BrClO. The van der Waals surface area contributed by atoms with Crippen LogP contribution in [0.2, 0.25) is 0 Å². The van der Waals surface area contributed by atoms with Crippen molar-refractivity contribution in [1.29, 1.82) is 0 Å². The Morgan fingerprint density at radius 3 is 2.62 bits per heavy atom. The van der Waals surface area contributed by atoms with Crippen molar-refractivity contribution < 1.29 is 4.74 Å². The Balaban J connectivity index is 2.15. The molecule has 3 atom stereocenters. The lowest BCUT2D eigenvalue weighted by molar-refractivity contribution is 0.143. The van der Waals surface area contributed by atoms with Crippen LogP contribution in [0.4, 0.5) is 0 Å². The molecule has 0 aliphatic heterocycles. The van der Waals surface area contributed by atoms with E-state index in [2.05, 4.69) is 42.8 Å². The van der Waals surface area contributed by atoms with Crippen LogP contribution in [-0.4, -0.2) is 12.5 Å². The predicted molar refractivity (Wildman–Crippen MR) is 94.3 cm³/mol. The van der Waals surface area contributed by atoms with E-state index in [9.17, 15) is 0 Å². The molecule has 2 rings (SSSR count). The third-order valence-electron chi connectivity index (χ3n) is 4.84. The van der Waals surface area contributed by atoms with E-state index < -0.39 is 0 Å². The molecule has 0 radical (unpaired) electrons. The zero-order chi connectivity index (χ0) is 15.6. The average molecular weight is 374 g/mol. The van der Waals surface area contributed by atoms with Crippen molar-refractivity contribution >= 4 is 27.5 Å². The van der Waals surface area contributed by atoms with Crippen molar-refractivity contribution in [3.8, 4) is 5.75 Å². The van der Waals surface area contributed by atoms with Crippen LogP contribution < -0.4 is 4.74 Å². The summed E-state index contributed by atoms with van der Waals surface area (Å²) in [5, 5.41) is 0.285. The molecule has 0 N–H and O–H groups in total. The van der Waals surface area contributed by atoms with Crippen molar-refractivity contribution in [3.63, 3.8) is 0 Å². The summed E-state index contributed by atoms with van der Waals surface area (Å²) in [6, 6.07) is 6.23. The lowest BCUT2D eigenvalue weighted by atomic mass is 9.68. The van der Waals surface area contributed by atoms with E-state index in [1.54, 1.807) is 7.11 Å². The maximum atomic E-state index is 6.63. The highest BCUT2D eigenvalue weighted by Gasteiger charge is 2.35. The van der Waals surface area contributed by atoms with Crippen molar-refractivity contribution in [2.24, 2.45) is 17.3 Å². The van der Waals surface area contributed by atoms with Crippen LogP contribution in [-0.2, 0) is 6.42 Å². The Morgan fingerprint density at radius 1 is 1.29 bits per heavy atom. The second kappa shape index (κ2) is 6.91. The Labute approximate surface area is 142 Å². The largest absolute Gasteiger partial charge is 0.496 e. The molecule has 1 aromatic rings. The second-order valence-corrected chi connectivity index (χ2v) is 8.79. The van der Waals surface area contributed by atoms with E-state index in [0.717, 1.165) is 29.0 Å². The maximum absolute atomic E-state index is 6.63. The molecule has 1 aliphatic carbocycles. The van der Waals surface area contributed by atoms with Gasteiger partial charge in [-0.3, -0.25) is 0 Å². The van der Waals surface area contributed by atoms with E-state index >= 15 is 0 Å². The lowest BCUT2D eigenvalue weighted by Gasteiger charge is -2.40. The van der Waals surface area contributed by atoms with Gasteiger partial charge in [0.05, 0.1) is 7.11 Å². The smallest absolute Gasteiger partial charge is 0.122 e. The topological polar surface area (TPSA) is 9.23 Å². The lowest BCUT2D eigenvalue weighted by Crippen LogP contribution is -2.33. The molecule has 3 heteroatoms. The number of benzene rings is 1. The molecule has 1 saturated carbocycles. The van der Waals surface area contributed by atoms with Crippen LogP contribution >= 0.6 is 27.5 Å². The zero-order valence-electron chi connectivity index (χ0n) is 13.5. The first-order valence-electron chi connectivity index (χ1n) is 7.77. The van der Waals surface area contributed by atoms with Gasteiger partial charge >= 0.3 is 0 Å². The van der Waals surface area contributed by atoms with E-state index in [1.807, 2.05) is 12.1 Å². The number of alkyl halides is 1. The molecule has 1 fully saturated rings. The number of hydrogen-bond donors (Lipinski definition) is 0. The summed E-state index contributed by atoms with van der Waals surface area (Å²) in [7, 11) is 1.74. The van der Waals surface area contributed by atoms with Gasteiger partial charge in [-0.2, -0.15) is 0 Å². The molecule has 118 valence electrons. The van der Waals surface area contributed by atoms with Gasteiger partial charge in [0, 0.05) is 9.85 Å². The van der Waals surface area contributed by atoms with Gasteiger partial charge in [-0.05, 0) is 66.7 Å². The van der Waals surface area contributed by atoms with Crippen molar-refractivity contribution in [1.82, 2.24) is 0 Å². The monoisotopic (exact) mass is 372 g/mol.